The second-order valence-corrected chi connectivity index (χ2v) is 5.61. The van der Waals surface area contributed by atoms with Gasteiger partial charge in [0.2, 0.25) is 0 Å². The summed E-state index contributed by atoms with van der Waals surface area (Å²) in [6.07, 6.45) is 2.69. The third-order valence-corrected chi connectivity index (χ3v) is 3.68. The fraction of sp³-hybridized carbons (Fsp3) is 0.263. The van der Waals surface area contributed by atoms with Crippen molar-refractivity contribution in [2.75, 3.05) is 0 Å². The van der Waals surface area contributed by atoms with Crippen LogP contribution in [0.25, 0.3) is 11.1 Å². The highest BCUT2D eigenvalue weighted by molar-refractivity contribution is 6.00. The molecule has 0 aromatic heterocycles. The lowest BCUT2D eigenvalue weighted by Crippen LogP contribution is -2.04. The number of benzene rings is 2. The maximum Gasteiger partial charge on any atom is 0.331 e. The Morgan fingerprint density at radius 2 is 1.64 bits per heavy atom. The van der Waals surface area contributed by atoms with Crippen molar-refractivity contribution in [3.63, 3.8) is 0 Å². The van der Waals surface area contributed by atoms with Gasteiger partial charge in [0.05, 0.1) is 10.6 Å². The largest absolute Gasteiger partial charge is 0.331 e. The molecule has 0 fully saturated rings. The van der Waals surface area contributed by atoms with Crippen LogP contribution in [0.4, 0.5) is 5.69 Å². The number of nitro benzene ring substituents is 1. The third kappa shape index (κ3) is 5.24. The number of non-ortho nitro benzene ring substituents is 1. The lowest BCUT2D eigenvalue weighted by atomic mass is 10.00. The zero-order chi connectivity index (χ0) is 18.2. The van der Waals surface area contributed by atoms with Gasteiger partial charge in [-0.25, -0.2) is 4.79 Å². The lowest BCUT2D eigenvalue weighted by Gasteiger charge is -2.07. The maximum atomic E-state index is 11.0. The van der Waals surface area contributed by atoms with Gasteiger partial charge in [-0.05, 0) is 41.7 Å². The van der Waals surface area contributed by atoms with Crippen molar-refractivity contribution in [3.8, 4) is 11.1 Å². The molecule has 130 valence electrons. The highest BCUT2D eigenvalue weighted by atomic mass is 16.7. The molecule has 0 aliphatic heterocycles. The molecule has 0 aliphatic rings. The van der Waals surface area contributed by atoms with Crippen molar-refractivity contribution in [2.24, 2.45) is 5.16 Å². The molecule has 0 radical (unpaired) electrons. The van der Waals surface area contributed by atoms with Crippen molar-refractivity contribution >= 4 is 17.4 Å². The van der Waals surface area contributed by atoms with Crippen LogP contribution in [0.2, 0.25) is 0 Å². The Morgan fingerprint density at radius 3 is 2.12 bits per heavy atom. The zero-order valence-corrected chi connectivity index (χ0v) is 14.3. The number of oxime groups is 1. The molecule has 6 nitrogen and oxygen atoms in total. The minimum atomic E-state index is -0.448. The van der Waals surface area contributed by atoms with Crippen LogP contribution >= 0.6 is 0 Å². The second-order valence-electron chi connectivity index (χ2n) is 5.61. The fourth-order valence-corrected chi connectivity index (χ4v) is 2.34. The van der Waals surface area contributed by atoms with Crippen molar-refractivity contribution in [3.05, 3.63) is 64.2 Å². The molecule has 0 spiro atoms. The zero-order valence-electron chi connectivity index (χ0n) is 14.3. The maximum absolute atomic E-state index is 11.0. The molecule has 0 heterocycles. The van der Waals surface area contributed by atoms with Crippen LogP contribution in [0, 0.1) is 10.1 Å². The molecule has 0 bridgehead atoms. The number of hydrogen-bond acceptors (Lipinski definition) is 5. The minimum Gasteiger partial charge on any atom is -0.318 e. The van der Waals surface area contributed by atoms with Crippen molar-refractivity contribution in [1.82, 2.24) is 0 Å². The minimum absolute atomic E-state index is 0.0655. The van der Waals surface area contributed by atoms with E-state index in [0.29, 0.717) is 0 Å². The number of nitrogens with zero attached hydrogens (tertiary/aromatic N) is 2. The van der Waals surface area contributed by atoms with Gasteiger partial charge in [0.25, 0.3) is 5.69 Å². The number of carbonyl (C=O) groups is 1. The van der Waals surface area contributed by atoms with Crippen LogP contribution < -0.4 is 0 Å². The molecule has 0 amide bonds. The number of carbonyl (C=O) groups excluding carboxylic acids is 1. The summed E-state index contributed by atoms with van der Waals surface area (Å²) in [5, 5.41) is 14.7. The standard InChI is InChI=1S/C19H20N2O4/c1-3-4-5-19(20-25-14(2)22)17-8-6-15(7-9-17)16-10-12-18(13-11-16)21(23)24/h6-13H,3-5H2,1-2H3. The Hall–Kier alpha value is -3.02. The third-order valence-electron chi connectivity index (χ3n) is 3.68. The van der Waals surface area contributed by atoms with E-state index in [1.165, 1.54) is 19.1 Å². The quantitative estimate of drug-likeness (QED) is 0.316. The van der Waals surface area contributed by atoms with E-state index in [4.69, 9.17) is 4.84 Å². The van der Waals surface area contributed by atoms with E-state index in [0.717, 1.165) is 41.7 Å². The molecule has 0 aliphatic carbocycles. The fourth-order valence-electron chi connectivity index (χ4n) is 2.34. The first-order valence-electron chi connectivity index (χ1n) is 8.11. The van der Waals surface area contributed by atoms with E-state index >= 15 is 0 Å². The summed E-state index contributed by atoms with van der Waals surface area (Å²) in [5.41, 5.74) is 3.52. The molecule has 0 saturated heterocycles. The molecule has 2 rings (SSSR count). The highest BCUT2D eigenvalue weighted by Crippen LogP contribution is 2.23. The van der Waals surface area contributed by atoms with E-state index < -0.39 is 10.9 Å². The average molecular weight is 340 g/mol. The number of hydrogen-bond donors (Lipinski definition) is 0. The summed E-state index contributed by atoms with van der Waals surface area (Å²) in [4.78, 5) is 26.1. The second kappa shape index (κ2) is 8.73. The molecule has 0 atom stereocenters. The summed E-state index contributed by atoms with van der Waals surface area (Å²) in [6, 6.07) is 14.1. The van der Waals surface area contributed by atoms with Gasteiger partial charge in [-0.2, -0.15) is 0 Å². The molecule has 0 unspecified atom stereocenters. The molecule has 0 saturated carbocycles. The Bertz CT molecular complexity index is 765. The van der Waals surface area contributed by atoms with E-state index in [1.807, 2.05) is 24.3 Å². The van der Waals surface area contributed by atoms with Crippen molar-refractivity contribution in [2.45, 2.75) is 33.1 Å². The smallest absolute Gasteiger partial charge is 0.318 e. The number of unbranched alkanes of at least 4 members (excludes halogenated alkanes) is 1. The predicted molar refractivity (Wildman–Crippen MR) is 96.4 cm³/mol. The van der Waals surface area contributed by atoms with Crippen LogP contribution in [-0.2, 0) is 9.63 Å². The monoisotopic (exact) mass is 340 g/mol. The van der Waals surface area contributed by atoms with E-state index in [2.05, 4.69) is 12.1 Å². The van der Waals surface area contributed by atoms with Crippen molar-refractivity contribution in [1.29, 1.82) is 0 Å². The van der Waals surface area contributed by atoms with Crippen LogP contribution in [0.5, 0.6) is 0 Å². The number of nitro groups is 1. The van der Waals surface area contributed by atoms with Crippen LogP contribution in [0.15, 0.2) is 53.7 Å². The van der Waals surface area contributed by atoms with Gasteiger partial charge in [-0.1, -0.05) is 42.8 Å². The van der Waals surface area contributed by atoms with E-state index in [-0.39, 0.29) is 5.69 Å². The van der Waals surface area contributed by atoms with Gasteiger partial charge >= 0.3 is 5.97 Å². The lowest BCUT2D eigenvalue weighted by molar-refractivity contribution is -0.384. The molecule has 25 heavy (non-hydrogen) atoms. The normalized spacial score (nSPS) is 11.2. The average Bonchev–Trinajstić information content (AvgIpc) is 2.62. The topological polar surface area (TPSA) is 81.8 Å². The predicted octanol–water partition coefficient (Wildman–Crippen LogP) is 4.72. The Kier molecular flexibility index (Phi) is 6.39. The van der Waals surface area contributed by atoms with Gasteiger partial charge in [0, 0.05) is 19.1 Å². The molecular weight excluding hydrogens is 320 g/mol. The van der Waals surface area contributed by atoms with Gasteiger partial charge in [0.15, 0.2) is 0 Å². The molecule has 2 aromatic rings. The van der Waals surface area contributed by atoms with Gasteiger partial charge in [-0.15, -0.1) is 0 Å². The molecular formula is C19H20N2O4. The summed E-state index contributed by atoms with van der Waals surface area (Å²) < 4.78 is 0. The van der Waals surface area contributed by atoms with Crippen LogP contribution in [-0.4, -0.2) is 16.6 Å². The Labute approximate surface area is 146 Å². The number of rotatable bonds is 7. The van der Waals surface area contributed by atoms with E-state index in [1.54, 1.807) is 12.1 Å². The van der Waals surface area contributed by atoms with Gasteiger partial charge in [0.1, 0.15) is 0 Å². The van der Waals surface area contributed by atoms with Crippen LogP contribution in [0.1, 0.15) is 38.7 Å². The first kappa shape index (κ1) is 18.3. The summed E-state index contributed by atoms with van der Waals surface area (Å²) in [6.45, 7) is 3.40. The van der Waals surface area contributed by atoms with Crippen molar-refractivity contribution < 1.29 is 14.6 Å². The van der Waals surface area contributed by atoms with Gasteiger partial charge < -0.3 is 4.84 Å². The summed E-state index contributed by atoms with van der Waals surface area (Å²) >= 11 is 0. The summed E-state index contributed by atoms with van der Waals surface area (Å²) in [7, 11) is 0. The first-order chi connectivity index (χ1) is 12.0. The van der Waals surface area contributed by atoms with Crippen LogP contribution in [0.3, 0.4) is 0 Å². The van der Waals surface area contributed by atoms with Gasteiger partial charge in [-0.3, -0.25) is 10.1 Å². The Morgan fingerprint density at radius 1 is 1.08 bits per heavy atom. The highest BCUT2D eigenvalue weighted by Gasteiger charge is 2.08. The molecule has 0 N–H and O–H groups in total. The molecule has 6 heteroatoms. The first-order valence-corrected chi connectivity index (χ1v) is 8.11. The SMILES string of the molecule is CCCCC(=NOC(C)=O)c1ccc(-c2ccc([N+](=O)[O-])cc2)cc1. The molecule has 2 aromatic carbocycles. The summed E-state index contributed by atoms with van der Waals surface area (Å²) in [5.74, 6) is -0.448. The van der Waals surface area contributed by atoms with E-state index in [9.17, 15) is 14.9 Å². The Balaban J connectivity index is 2.22.